The van der Waals surface area contributed by atoms with E-state index < -0.39 is 23.9 Å². The Labute approximate surface area is 163 Å². The van der Waals surface area contributed by atoms with E-state index in [4.69, 9.17) is 9.47 Å². The van der Waals surface area contributed by atoms with E-state index >= 15 is 0 Å². The second-order valence-corrected chi connectivity index (χ2v) is 6.55. The van der Waals surface area contributed by atoms with E-state index in [1.165, 1.54) is 6.92 Å². The van der Waals surface area contributed by atoms with E-state index in [9.17, 15) is 14.4 Å². The van der Waals surface area contributed by atoms with Gasteiger partial charge in [0.25, 0.3) is 5.91 Å². The molecule has 152 valence electrons. The number of esters is 2. The molecule has 0 fully saturated rings. The highest BCUT2D eigenvalue weighted by atomic mass is 16.5. The lowest BCUT2D eigenvalue weighted by atomic mass is 10.1. The van der Waals surface area contributed by atoms with Crippen molar-refractivity contribution >= 4 is 23.5 Å². The fourth-order valence-electron chi connectivity index (χ4n) is 2.92. The van der Waals surface area contributed by atoms with Crippen LogP contribution in [0, 0.1) is 27.7 Å². The number of carbonyl (C=O) groups excluding carboxylic acids is 3. The molecule has 2 aromatic heterocycles. The molecule has 0 aromatic carbocycles. The molecular weight excluding hydrogens is 364 g/mol. The van der Waals surface area contributed by atoms with Gasteiger partial charge in [-0.3, -0.25) is 9.48 Å². The van der Waals surface area contributed by atoms with E-state index in [2.05, 4.69) is 15.4 Å². The summed E-state index contributed by atoms with van der Waals surface area (Å²) in [4.78, 5) is 39.9. The molecule has 2 heterocycles. The summed E-state index contributed by atoms with van der Waals surface area (Å²) in [5.41, 5.74) is 3.36. The van der Waals surface area contributed by atoms with Gasteiger partial charge in [-0.15, -0.1) is 0 Å². The van der Waals surface area contributed by atoms with Gasteiger partial charge in [0.15, 0.2) is 6.10 Å². The maximum Gasteiger partial charge on any atom is 0.355 e. The maximum absolute atomic E-state index is 12.6. The van der Waals surface area contributed by atoms with Crippen molar-refractivity contribution in [1.29, 1.82) is 0 Å². The summed E-state index contributed by atoms with van der Waals surface area (Å²) < 4.78 is 12.0. The highest BCUT2D eigenvalue weighted by Gasteiger charge is 2.27. The van der Waals surface area contributed by atoms with Gasteiger partial charge in [0.1, 0.15) is 5.69 Å². The van der Waals surface area contributed by atoms with Gasteiger partial charge >= 0.3 is 11.9 Å². The molecule has 2 N–H and O–H groups in total. The van der Waals surface area contributed by atoms with Crippen LogP contribution in [0.3, 0.4) is 0 Å². The first-order chi connectivity index (χ1) is 13.1. The molecule has 1 atom stereocenters. The van der Waals surface area contributed by atoms with Gasteiger partial charge in [0.2, 0.25) is 0 Å². The van der Waals surface area contributed by atoms with Crippen molar-refractivity contribution < 1.29 is 23.9 Å². The standard InChI is InChI=1S/C19H26N4O5/c1-8-27-19(26)15-9(2)14(10(3)20-15)18(25)28-13(6)17(24)21-16-11(4)22-23(7)12(16)5/h13,20H,8H2,1-7H3,(H,21,24). The number of nitrogens with zero attached hydrogens (tertiary/aromatic N) is 2. The van der Waals surface area contributed by atoms with Crippen molar-refractivity contribution in [3.8, 4) is 0 Å². The smallest absolute Gasteiger partial charge is 0.355 e. The minimum Gasteiger partial charge on any atom is -0.461 e. The lowest BCUT2D eigenvalue weighted by molar-refractivity contribution is -0.123. The quantitative estimate of drug-likeness (QED) is 0.732. The minimum absolute atomic E-state index is 0.199. The van der Waals surface area contributed by atoms with E-state index in [0.717, 1.165) is 5.69 Å². The molecule has 0 aliphatic carbocycles. The molecule has 0 spiro atoms. The number of aromatic amines is 1. The van der Waals surface area contributed by atoms with Crippen LogP contribution in [0.1, 0.15) is 57.3 Å². The molecule has 0 aliphatic heterocycles. The normalized spacial score (nSPS) is 11.8. The van der Waals surface area contributed by atoms with Crippen molar-refractivity contribution in [2.45, 2.75) is 47.6 Å². The van der Waals surface area contributed by atoms with Crippen molar-refractivity contribution in [1.82, 2.24) is 14.8 Å². The Kier molecular flexibility index (Phi) is 6.27. The van der Waals surface area contributed by atoms with Crippen molar-refractivity contribution in [3.05, 3.63) is 33.9 Å². The van der Waals surface area contributed by atoms with Gasteiger partial charge in [-0.2, -0.15) is 5.10 Å². The zero-order valence-electron chi connectivity index (χ0n) is 17.2. The molecule has 0 saturated heterocycles. The highest BCUT2D eigenvalue weighted by molar-refractivity contribution is 6.01. The van der Waals surface area contributed by atoms with E-state index in [0.29, 0.717) is 22.6 Å². The Morgan fingerprint density at radius 3 is 2.36 bits per heavy atom. The van der Waals surface area contributed by atoms with Gasteiger partial charge in [0.05, 0.1) is 29.2 Å². The number of hydrogen-bond acceptors (Lipinski definition) is 6. The third-order valence-corrected chi connectivity index (χ3v) is 4.53. The number of nitrogens with one attached hydrogen (secondary N) is 2. The number of H-pyrrole nitrogens is 1. The molecule has 2 aromatic rings. The SMILES string of the molecule is CCOC(=O)c1[nH]c(C)c(C(=O)OC(C)C(=O)Nc2c(C)nn(C)c2C)c1C. The zero-order valence-corrected chi connectivity index (χ0v) is 17.2. The van der Waals surface area contributed by atoms with Crippen LogP contribution >= 0.6 is 0 Å². The van der Waals surface area contributed by atoms with Gasteiger partial charge < -0.3 is 19.8 Å². The molecule has 9 nitrogen and oxygen atoms in total. The summed E-state index contributed by atoms with van der Waals surface area (Å²) in [5.74, 6) is -1.71. The van der Waals surface area contributed by atoms with Crippen LogP contribution in [0.25, 0.3) is 0 Å². The molecule has 9 heteroatoms. The molecule has 1 amide bonds. The van der Waals surface area contributed by atoms with Crippen molar-refractivity contribution in [3.63, 3.8) is 0 Å². The van der Waals surface area contributed by atoms with E-state index in [-0.39, 0.29) is 17.9 Å². The Hall–Kier alpha value is -3.10. The molecular formula is C19H26N4O5. The summed E-state index contributed by atoms with van der Waals surface area (Å²) >= 11 is 0. The molecule has 1 unspecified atom stereocenters. The lowest BCUT2D eigenvalue weighted by Gasteiger charge is -2.14. The first-order valence-electron chi connectivity index (χ1n) is 8.96. The topological polar surface area (TPSA) is 115 Å². The van der Waals surface area contributed by atoms with Gasteiger partial charge in [-0.1, -0.05) is 0 Å². The largest absolute Gasteiger partial charge is 0.461 e. The fourth-order valence-corrected chi connectivity index (χ4v) is 2.92. The van der Waals surface area contributed by atoms with Crippen LogP contribution in [-0.4, -0.2) is 45.3 Å². The third kappa shape index (κ3) is 4.08. The van der Waals surface area contributed by atoms with Crippen molar-refractivity contribution in [2.24, 2.45) is 7.05 Å². The second-order valence-electron chi connectivity index (χ2n) is 6.55. The Balaban J connectivity index is 2.14. The number of aryl methyl sites for hydroxylation is 3. The summed E-state index contributed by atoms with van der Waals surface area (Å²) in [6.07, 6.45) is -1.04. The number of amides is 1. The summed E-state index contributed by atoms with van der Waals surface area (Å²) in [7, 11) is 1.78. The van der Waals surface area contributed by atoms with Crippen LogP contribution < -0.4 is 5.32 Å². The number of anilines is 1. The van der Waals surface area contributed by atoms with Crippen LogP contribution in [0.5, 0.6) is 0 Å². The number of carbonyl (C=O) groups is 3. The second kappa shape index (κ2) is 8.28. The predicted octanol–water partition coefficient (Wildman–Crippen LogP) is 2.34. The van der Waals surface area contributed by atoms with E-state index in [1.807, 2.05) is 6.92 Å². The number of rotatable bonds is 6. The fraction of sp³-hybridized carbons (Fsp3) is 0.474. The monoisotopic (exact) mass is 390 g/mol. The van der Waals surface area contributed by atoms with Crippen LogP contribution in [0.15, 0.2) is 0 Å². The van der Waals surface area contributed by atoms with Crippen LogP contribution in [-0.2, 0) is 21.3 Å². The first-order valence-corrected chi connectivity index (χ1v) is 8.96. The summed E-state index contributed by atoms with van der Waals surface area (Å²) in [5, 5.41) is 6.98. The summed E-state index contributed by atoms with van der Waals surface area (Å²) in [6.45, 7) is 10.3. The van der Waals surface area contributed by atoms with Crippen LogP contribution in [0.4, 0.5) is 5.69 Å². The van der Waals surface area contributed by atoms with Crippen LogP contribution in [0.2, 0.25) is 0 Å². The molecule has 2 rings (SSSR count). The highest BCUT2D eigenvalue weighted by Crippen LogP contribution is 2.22. The number of hydrogen-bond donors (Lipinski definition) is 2. The Morgan fingerprint density at radius 1 is 1.18 bits per heavy atom. The first kappa shape index (κ1) is 21.2. The Bertz CT molecular complexity index is 925. The molecule has 0 saturated carbocycles. The average Bonchev–Trinajstić information content (AvgIpc) is 3.04. The lowest BCUT2D eigenvalue weighted by Crippen LogP contribution is -2.30. The molecule has 0 bridgehead atoms. The number of ether oxygens (including phenoxy) is 2. The average molecular weight is 390 g/mol. The zero-order chi connectivity index (χ0) is 21.2. The van der Waals surface area contributed by atoms with Gasteiger partial charge in [0, 0.05) is 12.7 Å². The minimum atomic E-state index is -1.04. The number of aromatic nitrogens is 3. The molecule has 0 radical (unpaired) electrons. The Morgan fingerprint density at radius 2 is 1.82 bits per heavy atom. The maximum atomic E-state index is 12.6. The third-order valence-electron chi connectivity index (χ3n) is 4.53. The van der Waals surface area contributed by atoms with Gasteiger partial charge in [-0.25, -0.2) is 9.59 Å². The van der Waals surface area contributed by atoms with E-state index in [1.54, 1.807) is 39.4 Å². The molecule has 28 heavy (non-hydrogen) atoms. The van der Waals surface area contributed by atoms with Gasteiger partial charge in [-0.05, 0) is 47.1 Å². The van der Waals surface area contributed by atoms with Crippen molar-refractivity contribution in [2.75, 3.05) is 11.9 Å². The predicted molar refractivity (Wildman–Crippen MR) is 102 cm³/mol. The summed E-state index contributed by atoms with van der Waals surface area (Å²) in [6, 6.07) is 0. The molecule has 0 aliphatic rings.